The van der Waals surface area contributed by atoms with E-state index in [2.05, 4.69) is 4.98 Å². The van der Waals surface area contributed by atoms with Crippen molar-refractivity contribution in [3.63, 3.8) is 0 Å². The standard InChI is InChI=1S/C9H9NO4S/c1-5(8(11)12)15-6-2-3-10-7(4-6)9(13)14/h2-5H,1H3,(H,11,12)(H,13,14). The van der Waals surface area contributed by atoms with Gasteiger partial charge in [0, 0.05) is 11.1 Å². The number of aliphatic carboxylic acids is 1. The number of carboxylic acids is 2. The Labute approximate surface area is 90.1 Å². The Bertz CT molecular complexity index is 393. The van der Waals surface area contributed by atoms with Gasteiger partial charge in [0.15, 0.2) is 0 Å². The van der Waals surface area contributed by atoms with E-state index in [0.717, 1.165) is 11.8 Å². The summed E-state index contributed by atoms with van der Waals surface area (Å²) in [6.07, 6.45) is 1.35. The first-order valence-electron chi connectivity index (χ1n) is 4.09. The zero-order valence-electron chi connectivity index (χ0n) is 7.88. The fraction of sp³-hybridized carbons (Fsp3) is 0.222. The van der Waals surface area contributed by atoms with E-state index < -0.39 is 17.2 Å². The van der Waals surface area contributed by atoms with E-state index in [1.807, 2.05) is 0 Å². The number of carboxylic acid groups (broad SMARTS) is 2. The molecule has 1 aromatic rings. The molecule has 0 bridgehead atoms. The maximum Gasteiger partial charge on any atom is 0.354 e. The Hall–Kier alpha value is -1.56. The summed E-state index contributed by atoms with van der Waals surface area (Å²) in [6, 6.07) is 2.93. The minimum absolute atomic E-state index is 0.0856. The molecule has 1 unspecified atom stereocenters. The van der Waals surface area contributed by atoms with E-state index in [4.69, 9.17) is 10.2 Å². The lowest BCUT2D eigenvalue weighted by Crippen LogP contribution is -2.11. The first kappa shape index (κ1) is 11.5. The molecule has 0 amide bonds. The lowest BCUT2D eigenvalue weighted by Gasteiger charge is -2.05. The summed E-state index contributed by atoms with van der Waals surface area (Å²) in [4.78, 5) is 25.4. The maximum absolute atomic E-state index is 10.6. The molecule has 0 aliphatic carbocycles. The smallest absolute Gasteiger partial charge is 0.354 e. The van der Waals surface area contributed by atoms with Gasteiger partial charge in [0.25, 0.3) is 0 Å². The van der Waals surface area contributed by atoms with Crippen molar-refractivity contribution in [2.24, 2.45) is 0 Å². The third-order valence-electron chi connectivity index (χ3n) is 1.61. The van der Waals surface area contributed by atoms with Gasteiger partial charge in [-0.1, -0.05) is 0 Å². The first-order chi connectivity index (χ1) is 7.00. The van der Waals surface area contributed by atoms with Crippen molar-refractivity contribution in [2.75, 3.05) is 0 Å². The van der Waals surface area contributed by atoms with Gasteiger partial charge in [0.05, 0.1) is 0 Å². The molecule has 0 saturated carbocycles. The van der Waals surface area contributed by atoms with E-state index in [-0.39, 0.29) is 5.69 Å². The summed E-state index contributed by atoms with van der Waals surface area (Å²) < 4.78 is 0. The number of aromatic nitrogens is 1. The number of pyridine rings is 1. The third-order valence-corrected chi connectivity index (χ3v) is 2.69. The van der Waals surface area contributed by atoms with Gasteiger partial charge < -0.3 is 10.2 Å². The number of hydrogen-bond donors (Lipinski definition) is 2. The normalized spacial score (nSPS) is 12.1. The molecule has 0 aliphatic rings. The van der Waals surface area contributed by atoms with Crippen molar-refractivity contribution < 1.29 is 19.8 Å². The van der Waals surface area contributed by atoms with E-state index in [1.54, 1.807) is 6.07 Å². The fourth-order valence-corrected chi connectivity index (χ4v) is 1.68. The molecule has 15 heavy (non-hydrogen) atoms. The van der Waals surface area contributed by atoms with E-state index >= 15 is 0 Å². The van der Waals surface area contributed by atoms with Crippen LogP contribution >= 0.6 is 11.8 Å². The minimum Gasteiger partial charge on any atom is -0.480 e. The molecule has 5 nitrogen and oxygen atoms in total. The molecule has 1 atom stereocenters. The second-order valence-corrected chi connectivity index (χ2v) is 4.19. The molecular weight excluding hydrogens is 218 g/mol. The first-order valence-corrected chi connectivity index (χ1v) is 4.97. The Morgan fingerprint density at radius 2 is 2.13 bits per heavy atom. The minimum atomic E-state index is -1.12. The van der Waals surface area contributed by atoms with Crippen molar-refractivity contribution in [1.29, 1.82) is 0 Å². The molecule has 1 rings (SSSR count). The predicted molar refractivity (Wildman–Crippen MR) is 54.2 cm³/mol. The van der Waals surface area contributed by atoms with E-state index in [9.17, 15) is 9.59 Å². The van der Waals surface area contributed by atoms with Gasteiger partial charge in [-0.2, -0.15) is 0 Å². The van der Waals surface area contributed by atoms with Crippen LogP contribution in [0.1, 0.15) is 17.4 Å². The highest BCUT2D eigenvalue weighted by atomic mass is 32.2. The number of carbonyl (C=O) groups is 2. The third kappa shape index (κ3) is 3.25. The summed E-state index contributed by atoms with van der Waals surface area (Å²) in [7, 11) is 0. The summed E-state index contributed by atoms with van der Waals surface area (Å²) in [6.45, 7) is 1.54. The van der Waals surface area contributed by atoms with Crippen molar-refractivity contribution in [3.8, 4) is 0 Å². The monoisotopic (exact) mass is 227 g/mol. The zero-order chi connectivity index (χ0) is 11.4. The Balaban J connectivity index is 2.82. The van der Waals surface area contributed by atoms with Crippen molar-refractivity contribution >= 4 is 23.7 Å². The van der Waals surface area contributed by atoms with Gasteiger partial charge >= 0.3 is 11.9 Å². The van der Waals surface area contributed by atoms with Crippen LogP contribution < -0.4 is 0 Å². The van der Waals surface area contributed by atoms with Crippen molar-refractivity contribution in [1.82, 2.24) is 4.98 Å². The average Bonchev–Trinajstić information content (AvgIpc) is 2.18. The molecule has 1 heterocycles. The van der Waals surface area contributed by atoms with Gasteiger partial charge in [-0.05, 0) is 19.1 Å². The van der Waals surface area contributed by atoms with Crippen LogP contribution in [0.2, 0.25) is 0 Å². The van der Waals surface area contributed by atoms with Crippen molar-refractivity contribution in [3.05, 3.63) is 24.0 Å². The molecule has 0 saturated heterocycles. The summed E-state index contributed by atoms with van der Waals surface area (Å²) in [5.41, 5.74) is -0.0856. The fourth-order valence-electron chi connectivity index (χ4n) is 0.856. The van der Waals surface area contributed by atoms with Crippen LogP contribution in [0.4, 0.5) is 0 Å². The SMILES string of the molecule is CC(Sc1ccnc(C(=O)O)c1)C(=O)O. The Morgan fingerprint density at radius 1 is 1.47 bits per heavy atom. The number of aromatic carboxylic acids is 1. The highest BCUT2D eigenvalue weighted by Gasteiger charge is 2.13. The molecule has 0 spiro atoms. The van der Waals surface area contributed by atoms with Crippen LogP contribution in [0.15, 0.2) is 23.2 Å². The van der Waals surface area contributed by atoms with Crippen LogP contribution in [0.25, 0.3) is 0 Å². The molecular formula is C9H9NO4S. The Morgan fingerprint density at radius 3 is 2.67 bits per heavy atom. The van der Waals surface area contributed by atoms with Crippen LogP contribution in [-0.4, -0.2) is 32.4 Å². The molecule has 0 fully saturated rings. The molecule has 80 valence electrons. The summed E-state index contributed by atoms with van der Waals surface area (Å²) in [5, 5.41) is 16.7. The van der Waals surface area contributed by atoms with Gasteiger partial charge in [-0.15, -0.1) is 11.8 Å². The molecule has 0 aliphatic heterocycles. The van der Waals surface area contributed by atoms with Gasteiger partial charge in [-0.25, -0.2) is 9.78 Å². The second kappa shape index (κ2) is 4.79. The van der Waals surface area contributed by atoms with Gasteiger partial charge in [0.2, 0.25) is 0 Å². The topological polar surface area (TPSA) is 87.5 Å². The zero-order valence-corrected chi connectivity index (χ0v) is 8.69. The lowest BCUT2D eigenvalue weighted by atomic mass is 10.3. The molecule has 0 aromatic carbocycles. The van der Waals surface area contributed by atoms with Crippen LogP contribution in [0.5, 0.6) is 0 Å². The lowest BCUT2D eigenvalue weighted by molar-refractivity contribution is -0.136. The van der Waals surface area contributed by atoms with E-state index in [0.29, 0.717) is 4.90 Å². The van der Waals surface area contributed by atoms with Gasteiger partial charge in [0.1, 0.15) is 10.9 Å². The van der Waals surface area contributed by atoms with Crippen molar-refractivity contribution in [2.45, 2.75) is 17.1 Å². The average molecular weight is 227 g/mol. The summed E-state index contributed by atoms with van der Waals surface area (Å²) >= 11 is 1.08. The van der Waals surface area contributed by atoms with E-state index in [1.165, 1.54) is 19.2 Å². The number of thioether (sulfide) groups is 1. The van der Waals surface area contributed by atoms with Crippen LogP contribution in [0, 0.1) is 0 Å². The summed E-state index contributed by atoms with van der Waals surface area (Å²) in [5.74, 6) is -2.06. The molecule has 6 heteroatoms. The molecule has 2 N–H and O–H groups in total. The number of nitrogens with zero attached hydrogens (tertiary/aromatic N) is 1. The second-order valence-electron chi connectivity index (χ2n) is 2.78. The largest absolute Gasteiger partial charge is 0.480 e. The molecule has 0 radical (unpaired) electrons. The number of rotatable bonds is 4. The predicted octanol–water partition coefficient (Wildman–Crippen LogP) is 1.34. The van der Waals surface area contributed by atoms with Gasteiger partial charge in [-0.3, -0.25) is 4.79 Å². The van der Waals surface area contributed by atoms with Crippen LogP contribution in [-0.2, 0) is 4.79 Å². The van der Waals surface area contributed by atoms with Crippen LogP contribution in [0.3, 0.4) is 0 Å². The highest BCUT2D eigenvalue weighted by Crippen LogP contribution is 2.23. The highest BCUT2D eigenvalue weighted by molar-refractivity contribution is 8.00. The Kier molecular flexibility index (Phi) is 3.68. The molecule has 1 aromatic heterocycles. The maximum atomic E-state index is 10.6. The quantitative estimate of drug-likeness (QED) is 0.755. The number of hydrogen-bond acceptors (Lipinski definition) is 4.